The first kappa shape index (κ1) is 22.4. The molecule has 1 aliphatic rings. The van der Waals surface area contributed by atoms with E-state index < -0.39 is 29.6 Å². The van der Waals surface area contributed by atoms with E-state index in [-0.39, 0.29) is 16.6 Å². The van der Waals surface area contributed by atoms with Crippen LogP contribution in [0, 0.1) is 5.92 Å². The minimum atomic E-state index is -4.51. The molecule has 30 heavy (non-hydrogen) atoms. The third kappa shape index (κ3) is 4.57. The van der Waals surface area contributed by atoms with Crippen LogP contribution in [0.2, 0.25) is 5.02 Å². The number of nitrogens with two attached hydrogens (primary N) is 1. The van der Waals surface area contributed by atoms with Gasteiger partial charge in [0.2, 0.25) is 5.91 Å². The maximum Gasteiger partial charge on any atom is 0.416 e. The van der Waals surface area contributed by atoms with Crippen LogP contribution in [0.25, 0.3) is 0 Å². The first-order valence-corrected chi connectivity index (χ1v) is 10.6. The number of thiophene rings is 1. The van der Waals surface area contributed by atoms with Crippen LogP contribution >= 0.6 is 22.9 Å². The van der Waals surface area contributed by atoms with Gasteiger partial charge < -0.3 is 16.4 Å². The Balaban J connectivity index is 1.83. The fourth-order valence-electron chi connectivity index (χ4n) is 3.45. The lowest BCUT2D eigenvalue weighted by atomic mass is 10.0. The molecule has 2 aromatic rings. The monoisotopic (exact) mass is 459 g/mol. The molecule has 162 valence electrons. The lowest BCUT2D eigenvalue weighted by molar-refractivity contribution is -0.137. The van der Waals surface area contributed by atoms with Gasteiger partial charge in [0.25, 0.3) is 5.91 Å². The number of aryl methyl sites for hydroxylation is 1. The van der Waals surface area contributed by atoms with Gasteiger partial charge >= 0.3 is 6.18 Å². The zero-order valence-corrected chi connectivity index (χ0v) is 17.9. The van der Waals surface area contributed by atoms with E-state index in [4.69, 9.17) is 17.3 Å². The van der Waals surface area contributed by atoms with Crippen LogP contribution in [0.5, 0.6) is 0 Å². The van der Waals surface area contributed by atoms with E-state index >= 15 is 0 Å². The molecule has 0 unspecified atom stereocenters. The Morgan fingerprint density at radius 1 is 1.23 bits per heavy atom. The summed E-state index contributed by atoms with van der Waals surface area (Å²) in [6.07, 6.45) is -1.99. The average molecular weight is 460 g/mol. The van der Waals surface area contributed by atoms with Crippen molar-refractivity contribution < 1.29 is 22.8 Å². The Labute approximate surface area is 180 Å². The molecule has 0 saturated heterocycles. The van der Waals surface area contributed by atoms with E-state index in [0.717, 1.165) is 41.8 Å². The molecule has 1 aromatic carbocycles. The predicted molar refractivity (Wildman–Crippen MR) is 112 cm³/mol. The predicted octanol–water partition coefficient (Wildman–Crippen LogP) is 5.08. The molecule has 0 bridgehead atoms. The lowest BCUT2D eigenvalue weighted by Crippen LogP contribution is -2.39. The smallest absolute Gasteiger partial charge is 0.372 e. The number of primary amides is 1. The van der Waals surface area contributed by atoms with Gasteiger partial charge in [0, 0.05) is 4.88 Å². The number of carbonyl (C=O) groups excluding carboxylic acids is 2. The first-order chi connectivity index (χ1) is 14.0. The molecule has 2 amide bonds. The molecule has 1 aliphatic carbocycles. The van der Waals surface area contributed by atoms with Crippen molar-refractivity contribution in [2.45, 2.75) is 45.3 Å². The minimum absolute atomic E-state index is 0.142. The summed E-state index contributed by atoms with van der Waals surface area (Å²) in [7, 11) is 0. The van der Waals surface area contributed by atoms with Crippen LogP contribution in [0.4, 0.5) is 23.9 Å². The number of halogens is 4. The van der Waals surface area contributed by atoms with E-state index in [9.17, 15) is 22.8 Å². The maximum absolute atomic E-state index is 13.0. The van der Waals surface area contributed by atoms with Crippen molar-refractivity contribution in [3.8, 4) is 0 Å². The number of fused-ring (bicyclic) bond motifs is 1. The van der Waals surface area contributed by atoms with Gasteiger partial charge in [-0.1, -0.05) is 25.4 Å². The third-order valence-electron chi connectivity index (χ3n) is 4.96. The fourth-order valence-corrected chi connectivity index (χ4v) is 4.99. The average Bonchev–Trinajstić information content (AvgIpc) is 3.19. The van der Waals surface area contributed by atoms with Crippen molar-refractivity contribution in [1.29, 1.82) is 0 Å². The van der Waals surface area contributed by atoms with E-state index in [1.54, 1.807) is 13.8 Å². The lowest BCUT2D eigenvalue weighted by Gasteiger charge is -2.23. The molecule has 1 aromatic heterocycles. The Hall–Kier alpha value is -2.26. The van der Waals surface area contributed by atoms with E-state index in [0.29, 0.717) is 10.6 Å². The normalized spacial score (nSPS) is 14.5. The van der Waals surface area contributed by atoms with E-state index in [1.165, 1.54) is 17.4 Å². The van der Waals surface area contributed by atoms with Crippen LogP contribution in [-0.4, -0.2) is 17.9 Å². The Morgan fingerprint density at radius 2 is 1.93 bits per heavy atom. The number of carbonyl (C=O) groups is 2. The zero-order valence-electron chi connectivity index (χ0n) is 16.3. The van der Waals surface area contributed by atoms with Gasteiger partial charge in [-0.15, -0.1) is 11.3 Å². The standard InChI is InChI=1S/C20H21ClF3N3O2S/c1-9(2)16(26-13-7-6-10(8-12(13)21)20(22,23)24)18(29)27-19-15(17(25)28)11-4-3-5-14(11)30-19/h6-9,16,26H,3-5H2,1-2H3,(H2,25,28)(H,27,29)/t16-/m0/s1. The molecule has 4 N–H and O–H groups in total. The van der Waals surface area contributed by atoms with Crippen molar-refractivity contribution in [2.24, 2.45) is 11.7 Å². The maximum atomic E-state index is 13.0. The molecular formula is C20H21ClF3N3O2S. The fraction of sp³-hybridized carbons (Fsp3) is 0.400. The summed E-state index contributed by atoms with van der Waals surface area (Å²) >= 11 is 7.35. The Bertz CT molecular complexity index is 988. The van der Waals surface area contributed by atoms with Gasteiger partial charge in [-0.05, 0) is 48.9 Å². The van der Waals surface area contributed by atoms with Crippen molar-refractivity contribution in [2.75, 3.05) is 10.6 Å². The highest BCUT2D eigenvalue weighted by Crippen LogP contribution is 2.39. The van der Waals surface area contributed by atoms with Crippen LogP contribution in [-0.2, 0) is 23.8 Å². The summed E-state index contributed by atoms with van der Waals surface area (Å²) in [6.45, 7) is 3.58. The zero-order chi connectivity index (χ0) is 22.2. The Kier molecular flexibility index (Phi) is 6.33. The summed E-state index contributed by atoms with van der Waals surface area (Å²) in [6, 6.07) is 2.12. The number of amides is 2. The molecule has 10 heteroatoms. The van der Waals surface area contributed by atoms with Gasteiger partial charge in [0.05, 0.1) is 21.8 Å². The van der Waals surface area contributed by atoms with Crippen LogP contribution < -0.4 is 16.4 Å². The number of anilines is 2. The summed E-state index contributed by atoms with van der Waals surface area (Å²) in [5.74, 6) is -1.24. The van der Waals surface area contributed by atoms with E-state index in [2.05, 4.69) is 10.6 Å². The number of rotatable bonds is 6. The van der Waals surface area contributed by atoms with Gasteiger partial charge in [-0.2, -0.15) is 13.2 Å². The molecule has 0 aliphatic heterocycles. The second-order valence-electron chi connectivity index (χ2n) is 7.47. The summed E-state index contributed by atoms with van der Waals surface area (Å²) in [5, 5.41) is 5.96. The largest absolute Gasteiger partial charge is 0.416 e. The Morgan fingerprint density at radius 3 is 2.50 bits per heavy atom. The number of alkyl halides is 3. The number of benzene rings is 1. The molecule has 0 radical (unpaired) electrons. The number of hydrogen-bond acceptors (Lipinski definition) is 4. The topological polar surface area (TPSA) is 84.2 Å². The van der Waals surface area contributed by atoms with Gasteiger partial charge in [-0.25, -0.2) is 0 Å². The first-order valence-electron chi connectivity index (χ1n) is 9.37. The van der Waals surface area contributed by atoms with Gasteiger partial charge in [0.1, 0.15) is 11.0 Å². The molecule has 0 saturated carbocycles. The summed E-state index contributed by atoms with van der Waals surface area (Å²) in [5.41, 5.74) is 6.10. The van der Waals surface area contributed by atoms with Crippen molar-refractivity contribution in [3.05, 3.63) is 44.8 Å². The van der Waals surface area contributed by atoms with Crippen molar-refractivity contribution in [3.63, 3.8) is 0 Å². The second-order valence-corrected chi connectivity index (χ2v) is 8.99. The van der Waals surface area contributed by atoms with Crippen LogP contribution in [0.15, 0.2) is 18.2 Å². The SMILES string of the molecule is CC(C)[C@H](Nc1ccc(C(F)(F)F)cc1Cl)C(=O)Nc1sc2c(c1C(N)=O)CCC2. The molecule has 5 nitrogen and oxygen atoms in total. The highest BCUT2D eigenvalue weighted by molar-refractivity contribution is 7.17. The quantitative estimate of drug-likeness (QED) is 0.563. The highest BCUT2D eigenvalue weighted by atomic mass is 35.5. The van der Waals surface area contributed by atoms with Crippen molar-refractivity contribution >= 4 is 45.4 Å². The van der Waals surface area contributed by atoms with Gasteiger partial charge in [-0.3, -0.25) is 9.59 Å². The van der Waals surface area contributed by atoms with Gasteiger partial charge in [0.15, 0.2) is 0 Å². The highest BCUT2D eigenvalue weighted by Gasteiger charge is 2.32. The van der Waals surface area contributed by atoms with Crippen LogP contribution in [0.1, 0.15) is 46.6 Å². The summed E-state index contributed by atoms with van der Waals surface area (Å²) in [4.78, 5) is 25.9. The number of nitrogens with one attached hydrogen (secondary N) is 2. The van der Waals surface area contributed by atoms with Crippen molar-refractivity contribution in [1.82, 2.24) is 0 Å². The molecule has 1 heterocycles. The molecule has 0 spiro atoms. The third-order valence-corrected chi connectivity index (χ3v) is 6.48. The summed E-state index contributed by atoms with van der Waals surface area (Å²) < 4.78 is 38.6. The van der Waals surface area contributed by atoms with E-state index in [1.807, 2.05) is 0 Å². The second kappa shape index (κ2) is 8.47. The molecule has 0 fully saturated rings. The number of hydrogen-bond donors (Lipinski definition) is 3. The molecule has 1 atom stereocenters. The molecule has 3 rings (SSSR count). The van der Waals surface area contributed by atoms with Crippen LogP contribution in [0.3, 0.4) is 0 Å². The minimum Gasteiger partial charge on any atom is -0.372 e. The molecular weight excluding hydrogens is 439 g/mol.